The predicted octanol–water partition coefficient (Wildman–Crippen LogP) is -0.688. The van der Waals surface area contributed by atoms with Crippen LogP contribution in [-0.4, -0.2) is 76.9 Å². The molecule has 19 heavy (non-hydrogen) atoms. The van der Waals surface area contributed by atoms with Crippen LogP contribution in [0.25, 0.3) is 0 Å². The summed E-state index contributed by atoms with van der Waals surface area (Å²) in [5, 5.41) is 21.2. The SMILES string of the molecule is O=C(O)[C@@H]1C[C@@H](O)CN1C(=O)NCCN1CCCC1. The number of hydrogen-bond acceptors (Lipinski definition) is 4. The molecule has 0 spiro atoms. The Balaban J connectivity index is 1.76. The second-order valence-electron chi connectivity index (χ2n) is 5.18. The molecule has 2 rings (SSSR count). The van der Waals surface area contributed by atoms with Crippen LogP contribution in [0.4, 0.5) is 4.79 Å². The van der Waals surface area contributed by atoms with Crippen molar-refractivity contribution in [2.75, 3.05) is 32.7 Å². The number of rotatable bonds is 4. The van der Waals surface area contributed by atoms with Crippen molar-refractivity contribution in [3.8, 4) is 0 Å². The van der Waals surface area contributed by atoms with Crippen LogP contribution in [0, 0.1) is 0 Å². The van der Waals surface area contributed by atoms with Crippen LogP contribution < -0.4 is 5.32 Å². The van der Waals surface area contributed by atoms with Gasteiger partial charge in [-0.25, -0.2) is 9.59 Å². The Bertz CT molecular complexity index is 344. The molecule has 2 aliphatic rings. The zero-order valence-electron chi connectivity index (χ0n) is 10.9. The van der Waals surface area contributed by atoms with E-state index in [1.165, 1.54) is 17.7 Å². The molecule has 2 atom stereocenters. The third-order valence-corrected chi connectivity index (χ3v) is 3.73. The molecule has 7 heteroatoms. The Labute approximate surface area is 112 Å². The number of β-amino-alcohol motifs (C(OH)–C–C–N with tert-alkyl or cyclic N) is 1. The summed E-state index contributed by atoms with van der Waals surface area (Å²) in [6, 6.07) is -1.31. The summed E-state index contributed by atoms with van der Waals surface area (Å²) >= 11 is 0. The van der Waals surface area contributed by atoms with Gasteiger partial charge in [0.1, 0.15) is 6.04 Å². The van der Waals surface area contributed by atoms with Gasteiger partial charge < -0.3 is 25.3 Å². The molecule has 3 N–H and O–H groups in total. The number of nitrogens with one attached hydrogen (secondary N) is 1. The van der Waals surface area contributed by atoms with Crippen molar-refractivity contribution in [3.05, 3.63) is 0 Å². The Morgan fingerprint density at radius 3 is 2.58 bits per heavy atom. The second-order valence-corrected chi connectivity index (χ2v) is 5.18. The maximum atomic E-state index is 11.9. The number of aliphatic carboxylic acids is 1. The molecule has 0 aromatic heterocycles. The van der Waals surface area contributed by atoms with Crippen LogP contribution in [0.2, 0.25) is 0 Å². The topological polar surface area (TPSA) is 93.1 Å². The number of nitrogens with zero attached hydrogens (tertiary/aromatic N) is 2. The lowest BCUT2D eigenvalue weighted by molar-refractivity contribution is -0.141. The highest BCUT2D eigenvalue weighted by molar-refractivity contribution is 5.83. The number of aliphatic hydroxyl groups is 1. The zero-order chi connectivity index (χ0) is 13.8. The molecular weight excluding hydrogens is 250 g/mol. The first-order valence-corrected chi connectivity index (χ1v) is 6.75. The van der Waals surface area contributed by atoms with Crippen molar-refractivity contribution >= 4 is 12.0 Å². The first-order chi connectivity index (χ1) is 9.08. The van der Waals surface area contributed by atoms with Crippen molar-refractivity contribution < 1.29 is 19.8 Å². The van der Waals surface area contributed by atoms with Gasteiger partial charge in [-0.3, -0.25) is 0 Å². The average Bonchev–Trinajstić information content (AvgIpc) is 2.98. The molecular formula is C12H21N3O4. The van der Waals surface area contributed by atoms with Gasteiger partial charge in [-0.2, -0.15) is 0 Å². The van der Waals surface area contributed by atoms with Gasteiger partial charge in [0.25, 0.3) is 0 Å². The third kappa shape index (κ3) is 3.57. The quantitative estimate of drug-likeness (QED) is 0.629. The maximum absolute atomic E-state index is 11.9. The average molecular weight is 271 g/mol. The van der Waals surface area contributed by atoms with Gasteiger partial charge in [0.05, 0.1) is 6.10 Å². The Morgan fingerprint density at radius 2 is 1.95 bits per heavy atom. The summed E-state index contributed by atoms with van der Waals surface area (Å²) in [5.41, 5.74) is 0. The van der Waals surface area contributed by atoms with Crippen molar-refractivity contribution in [3.63, 3.8) is 0 Å². The van der Waals surface area contributed by atoms with Crippen LogP contribution in [0.3, 0.4) is 0 Å². The number of hydrogen-bond donors (Lipinski definition) is 3. The number of urea groups is 1. The number of carbonyl (C=O) groups excluding carboxylic acids is 1. The van der Waals surface area contributed by atoms with Crippen LogP contribution in [0.15, 0.2) is 0 Å². The summed E-state index contributed by atoms with van der Waals surface area (Å²) in [6.45, 7) is 3.52. The molecule has 2 amide bonds. The van der Waals surface area contributed by atoms with Crippen molar-refractivity contribution in [1.82, 2.24) is 15.1 Å². The second kappa shape index (κ2) is 6.21. The van der Waals surface area contributed by atoms with Crippen LogP contribution in [0.1, 0.15) is 19.3 Å². The van der Waals surface area contributed by atoms with E-state index in [2.05, 4.69) is 10.2 Å². The van der Waals surface area contributed by atoms with Gasteiger partial charge in [-0.15, -0.1) is 0 Å². The Hall–Kier alpha value is -1.34. The highest BCUT2D eigenvalue weighted by atomic mass is 16.4. The number of carbonyl (C=O) groups is 2. The first kappa shape index (κ1) is 14.1. The highest BCUT2D eigenvalue weighted by Crippen LogP contribution is 2.18. The van der Waals surface area contributed by atoms with Crippen molar-refractivity contribution in [2.45, 2.75) is 31.4 Å². The molecule has 0 aromatic carbocycles. The standard InChI is InChI=1S/C12H21N3O4/c16-9-7-10(11(17)18)15(8-9)12(19)13-3-6-14-4-1-2-5-14/h9-10,16H,1-8H2,(H,13,19)(H,17,18)/t9-,10+/m1/s1. The van der Waals surface area contributed by atoms with E-state index in [1.807, 2.05) is 0 Å². The lowest BCUT2D eigenvalue weighted by Gasteiger charge is -2.22. The monoisotopic (exact) mass is 271 g/mol. The van der Waals surface area contributed by atoms with E-state index < -0.39 is 24.1 Å². The minimum absolute atomic E-state index is 0.0898. The highest BCUT2D eigenvalue weighted by Gasteiger charge is 2.38. The summed E-state index contributed by atoms with van der Waals surface area (Å²) in [5.74, 6) is -1.06. The molecule has 0 radical (unpaired) electrons. The lowest BCUT2D eigenvalue weighted by Crippen LogP contribution is -2.47. The largest absolute Gasteiger partial charge is 0.480 e. The molecule has 2 heterocycles. The van der Waals surface area contributed by atoms with Gasteiger partial charge in [-0.05, 0) is 25.9 Å². The van der Waals surface area contributed by atoms with E-state index in [4.69, 9.17) is 5.11 Å². The fraction of sp³-hybridized carbons (Fsp3) is 0.833. The fourth-order valence-corrected chi connectivity index (χ4v) is 2.70. The molecule has 108 valence electrons. The lowest BCUT2D eigenvalue weighted by atomic mass is 10.2. The molecule has 0 aliphatic carbocycles. The van der Waals surface area contributed by atoms with Gasteiger partial charge in [-0.1, -0.05) is 0 Å². The normalized spacial score (nSPS) is 27.7. The van der Waals surface area contributed by atoms with Crippen molar-refractivity contribution in [1.29, 1.82) is 0 Å². The molecule has 0 unspecified atom stereocenters. The fourth-order valence-electron chi connectivity index (χ4n) is 2.70. The minimum atomic E-state index is -1.06. The number of likely N-dealkylation sites (tertiary alicyclic amines) is 2. The van der Waals surface area contributed by atoms with Crippen LogP contribution in [-0.2, 0) is 4.79 Å². The van der Waals surface area contributed by atoms with Crippen LogP contribution >= 0.6 is 0 Å². The molecule has 2 fully saturated rings. The molecule has 0 saturated carbocycles. The zero-order valence-corrected chi connectivity index (χ0v) is 10.9. The van der Waals surface area contributed by atoms with E-state index in [-0.39, 0.29) is 13.0 Å². The minimum Gasteiger partial charge on any atom is -0.480 e. The number of carboxylic acid groups (broad SMARTS) is 1. The number of amides is 2. The van der Waals surface area contributed by atoms with Gasteiger partial charge in [0.2, 0.25) is 0 Å². The summed E-state index contributed by atoms with van der Waals surface area (Å²) in [4.78, 5) is 26.4. The molecule has 0 aromatic rings. The van der Waals surface area contributed by atoms with Gasteiger partial charge in [0.15, 0.2) is 0 Å². The number of aliphatic hydroxyl groups excluding tert-OH is 1. The van der Waals surface area contributed by atoms with E-state index in [0.29, 0.717) is 6.54 Å². The maximum Gasteiger partial charge on any atom is 0.326 e. The van der Waals surface area contributed by atoms with E-state index >= 15 is 0 Å². The smallest absolute Gasteiger partial charge is 0.326 e. The first-order valence-electron chi connectivity index (χ1n) is 6.75. The summed E-state index contributed by atoms with van der Waals surface area (Å²) < 4.78 is 0. The molecule has 0 bridgehead atoms. The van der Waals surface area contributed by atoms with E-state index in [0.717, 1.165) is 19.6 Å². The summed E-state index contributed by atoms with van der Waals surface area (Å²) in [7, 11) is 0. The van der Waals surface area contributed by atoms with Crippen LogP contribution in [0.5, 0.6) is 0 Å². The van der Waals surface area contributed by atoms with Crippen molar-refractivity contribution in [2.24, 2.45) is 0 Å². The molecule has 2 saturated heterocycles. The Morgan fingerprint density at radius 1 is 1.26 bits per heavy atom. The molecule has 7 nitrogen and oxygen atoms in total. The predicted molar refractivity (Wildman–Crippen MR) is 67.8 cm³/mol. The summed E-state index contributed by atoms with van der Waals surface area (Å²) in [6.07, 6.45) is 1.76. The third-order valence-electron chi connectivity index (χ3n) is 3.73. The molecule has 2 aliphatic heterocycles. The van der Waals surface area contributed by atoms with Gasteiger partial charge >= 0.3 is 12.0 Å². The Kier molecular flexibility index (Phi) is 4.60. The van der Waals surface area contributed by atoms with E-state index in [9.17, 15) is 14.7 Å². The van der Waals surface area contributed by atoms with Gasteiger partial charge in [0, 0.05) is 26.1 Å². The number of carboxylic acids is 1. The van der Waals surface area contributed by atoms with E-state index in [1.54, 1.807) is 0 Å².